The lowest BCUT2D eigenvalue weighted by Gasteiger charge is -2.39. The molecular weight excluding hydrogens is 396 g/mol. The average molecular weight is 429 g/mol. The van der Waals surface area contributed by atoms with Crippen LogP contribution in [0, 0.1) is 11.5 Å². The van der Waals surface area contributed by atoms with Gasteiger partial charge in [0.25, 0.3) is 0 Å². The summed E-state index contributed by atoms with van der Waals surface area (Å²) >= 11 is 0. The van der Waals surface area contributed by atoms with Crippen LogP contribution in [0.15, 0.2) is 91.0 Å². The first-order chi connectivity index (χ1) is 14.3. The van der Waals surface area contributed by atoms with E-state index in [1.165, 1.54) is 15.6 Å². The molecule has 0 heterocycles. The third-order valence-corrected chi connectivity index (χ3v) is 11.5. The fourth-order valence-electron chi connectivity index (χ4n) is 4.20. The first-order valence-electron chi connectivity index (χ1n) is 10.7. The van der Waals surface area contributed by atoms with Crippen molar-refractivity contribution in [3.05, 3.63) is 91.0 Å². The largest absolute Gasteiger partial charge is 0.393 e. The molecular formula is C27H32OSi2. The molecule has 1 nitrogen and oxygen atoms in total. The van der Waals surface area contributed by atoms with Crippen LogP contribution < -0.4 is 15.6 Å². The topological polar surface area (TPSA) is 20.2 Å². The summed E-state index contributed by atoms with van der Waals surface area (Å²) in [6, 6.07) is 32.6. The van der Waals surface area contributed by atoms with E-state index in [9.17, 15) is 5.11 Å². The summed E-state index contributed by atoms with van der Waals surface area (Å²) in [7, 11) is -4.10. The summed E-state index contributed by atoms with van der Waals surface area (Å²) in [5.74, 6) is 3.74. The molecule has 0 unspecified atom stereocenters. The SMILES string of the molecule is C[C@@H](O)C[C@@H](C#C[Si](C)(C)C)[Si](c1ccccc1)(c1ccccc1)c1ccccc1. The molecule has 0 aliphatic carbocycles. The maximum atomic E-state index is 10.5. The second kappa shape index (κ2) is 9.62. The van der Waals surface area contributed by atoms with Gasteiger partial charge in [-0.3, -0.25) is 0 Å². The number of aliphatic hydroxyl groups excluding tert-OH is 1. The monoisotopic (exact) mass is 428 g/mol. The lowest BCUT2D eigenvalue weighted by atomic mass is 10.2. The number of hydrogen-bond donors (Lipinski definition) is 1. The van der Waals surface area contributed by atoms with Gasteiger partial charge in [-0.25, -0.2) is 0 Å². The fourth-order valence-corrected chi connectivity index (χ4v) is 10.3. The van der Waals surface area contributed by atoms with Crippen molar-refractivity contribution in [2.24, 2.45) is 0 Å². The van der Waals surface area contributed by atoms with Crippen molar-refractivity contribution in [3.63, 3.8) is 0 Å². The lowest BCUT2D eigenvalue weighted by molar-refractivity contribution is 0.186. The molecule has 0 aliphatic rings. The summed E-state index contributed by atoms with van der Waals surface area (Å²) in [6.07, 6.45) is 0.261. The van der Waals surface area contributed by atoms with Crippen LogP contribution in [-0.4, -0.2) is 27.4 Å². The Labute approximate surface area is 183 Å². The van der Waals surface area contributed by atoms with Crippen LogP contribution in [-0.2, 0) is 0 Å². The van der Waals surface area contributed by atoms with E-state index in [4.69, 9.17) is 0 Å². The van der Waals surface area contributed by atoms with Gasteiger partial charge in [0, 0.05) is 5.54 Å². The molecule has 3 aromatic carbocycles. The highest BCUT2D eigenvalue weighted by molar-refractivity contribution is 7.12. The maximum absolute atomic E-state index is 10.5. The highest BCUT2D eigenvalue weighted by atomic mass is 28.3. The molecule has 3 aromatic rings. The summed E-state index contributed by atoms with van der Waals surface area (Å²) in [5, 5.41) is 14.6. The van der Waals surface area contributed by atoms with Gasteiger partial charge in [-0.1, -0.05) is 111 Å². The molecule has 3 rings (SSSR count). The van der Waals surface area contributed by atoms with Crippen LogP contribution in [0.5, 0.6) is 0 Å². The van der Waals surface area contributed by atoms with Gasteiger partial charge in [0.2, 0.25) is 0 Å². The van der Waals surface area contributed by atoms with Crippen molar-refractivity contribution in [3.8, 4) is 11.5 Å². The Bertz CT molecular complexity index is 884. The van der Waals surface area contributed by atoms with Gasteiger partial charge in [0.1, 0.15) is 8.07 Å². The summed E-state index contributed by atoms with van der Waals surface area (Å²) in [4.78, 5) is 0. The van der Waals surface area contributed by atoms with E-state index in [2.05, 4.69) is 122 Å². The molecule has 154 valence electrons. The van der Waals surface area contributed by atoms with E-state index in [0.717, 1.165) is 0 Å². The normalized spacial score (nSPS) is 13.8. The van der Waals surface area contributed by atoms with Crippen LogP contribution >= 0.6 is 0 Å². The number of rotatable bonds is 6. The zero-order valence-electron chi connectivity index (χ0n) is 18.5. The molecule has 0 aliphatic heterocycles. The zero-order chi connectivity index (χ0) is 21.6. The molecule has 30 heavy (non-hydrogen) atoms. The minimum atomic E-state index is -2.53. The van der Waals surface area contributed by atoms with Gasteiger partial charge in [-0.05, 0) is 28.9 Å². The maximum Gasteiger partial charge on any atom is 0.163 e. The van der Waals surface area contributed by atoms with Gasteiger partial charge in [0.15, 0.2) is 8.07 Å². The summed E-state index contributed by atoms with van der Waals surface area (Å²) < 4.78 is 0. The molecule has 3 heteroatoms. The Morgan fingerprint density at radius 3 is 1.37 bits per heavy atom. The van der Waals surface area contributed by atoms with Gasteiger partial charge < -0.3 is 5.11 Å². The molecule has 0 fully saturated rings. The standard InChI is InChI=1S/C27H32OSi2/c1-23(28)22-27(20-21-29(2,3)4)30(24-14-8-5-9-15-24,25-16-10-6-11-17-25)26-18-12-7-13-19-26/h5-19,23,27-28H,22H2,1-4H3/t23-,27-/m1/s1. The molecule has 0 saturated carbocycles. The Morgan fingerprint density at radius 1 is 0.700 bits per heavy atom. The number of hydrogen-bond acceptors (Lipinski definition) is 1. The molecule has 0 amide bonds. The van der Waals surface area contributed by atoms with E-state index >= 15 is 0 Å². The highest BCUT2D eigenvalue weighted by Gasteiger charge is 2.46. The Balaban J connectivity index is 2.40. The smallest absolute Gasteiger partial charge is 0.163 e. The number of benzene rings is 3. The first-order valence-corrected chi connectivity index (χ1v) is 16.3. The van der Waals surface area contributed by atoms with Crippen LogP contribution in [0.25, 0.3) is 0 Å². The average Bonchev–Trinajstić information content (AvgIpc) is 2.74. The van der Waals surface area contributed by atoms with Crippen molar-refractivity contribution in [1.82, 2.24) is 0 Å². The Morgan fingerprint density at radius 2 is 1.07 bits per heavy atom. The molecule has 0 aromatic heterocycles. The van der Waals surface area contributed by atoms with Crippen molar-refractivity contribution < 1.29 is 5.11 Å². The van der Waals surface area contributed by atoms with Crippen LogP contribution in [0.2, 0.25) is 25.2 Å². The van der Waals surface area contributed by atoms with E-state index < -0.39 is 22.3 Å². The second-order valence-electron chi connectivity index (χ2n) is 9.06. The van der Waals surface area contributed by atoms with E-state index in [1.807, 2.05) is 6.92 Å². The molecule has 0 radical (unpaired) electrons. The zero-order valence-corrected chi connectivity index (χ0v) is 20.5. The quantitative estimate of drug-likeness (QED) is 0.355. The molecule has 1 N–H and O–H groups in total. The lowest BCUT2D eigenvalue weighted by Crippen LogP contribution is -2.70. The Hall–Kier alpha value is -2.39. The molecule has 2 atom stereocenters. The van der Waals surface area contributed by atoms with E-state index in [-0.39, 0.29) is 5.54 Å². The summed E-state index contributed by atoms with van der Waals surface area (Å²) in [5.41, 5.74) is 3.73. The minimum absolute atomic E-state index is 0.0800. The van der Waals surface area contributed by atoms with E-state index in [0.29, 0.717) is 6.42 Å². The number of aliphatic hydroxyl groups is 1. The van der Waals surface area contributed by atoms with Crippen LogP contribution in [0.3, 0.4) is 0 Å². The predicted molar refractivity (Wildman–Crippen MR) is 135 cm³/mol. The molecule has 0 saturated heterocycles. The van der Waals surface area contributed by atoms with Gasteiger partial charge in [-0.15, -0.1) is 11.5 Å². The van der Waals surface area contributed by atoms with Crippen molar-refractivity contribution >= 4 is 31.7 Å². The van der Waals surface area contributed by atoms with Crippen molar-refractivity contribution in [2.75, 3.05) is 0 Å². The fraction of sp³-hybridized carbons (Fsp3) is 0.259. The van der Waals surface area contributed by atoms with Crippen LogP contribution in [0.1, 0.15) is 13.3 Å². The second-order valence-corrected chi connectivity index (χ2v) is 17.9. The van der Waals surface area contributed by atoms with Gasteiger partial charge in [-0.2, -0.15) is 0 Å². The van der Waals surface area contributed by atoms with Crippen LogP contribution in [0.4, 0.5) is 0 Å². The first kappa shape index (κ1) is 22.3. The van der Waals surface area contributed by atoms with Gasteiger partial charge >= 0.3 is 0 Å². The Kier molecular flexibility index (Phi) is 7.15. The van der Waals surface area contributed by atoms with Gasteiger partial charge in [0.05, 0.1) is 6.10 Å². The third-order valence-electron chi connectivity index (χ3n) is 5.41. The van der Waals surface area contributed by atoms with Crippen molar-refractivity contribution in [2.45, 2.75) is 44.6 Å². The highest BCUT2D eigenvalue weighted by Crippen LogP contribution is 2.27. The molecule has 0 bridgehead atoms. The summed E-state index contributed by atoms with van der Waals surface area (Å²) in [6.45, 7) is 8.76. The van der Waals surface area contributed by atoms with E-state index in [1.54, 1.807) is 0 Å². The predicted octanol–water partition coefficient (Wildman–Crippen LogP) is 4.18. The van der Waals surface area contributed by atoms with Crippen molar-refractivity contribution in [1.29, 1.82) is 0 Å². The molecule has 0 spiro atoms. The minimum Gasteiger partial charge on any atom is -0.393 e. The third kappa shape index (κ3) is 5.02.